The molecule has 0 atom stereocenters. The maximum Gasteiger partial charge on any atom is 0.330 e. The molecule has 1 N–H and O–H groups in total. The molecule has 0 aliphatic carbocycles. The molecular weight excluding hydrogens is 412 g/mol. The maximum absolute atomic E-state index is 12.9. The molecular formula is C22H20N6O4. The third kappa shape index (κ3) is 3.66. The zero-order chi connectivity index (χ0) is 22.1. The summed E-state index contributed by atoms with van der Waals surface area (Å²) < 4.78 is 6.32. The van der Waals surface area contributed by atoms with Crippen LogP contribution in [0.4, 0.5) is 5.95 Å². The van der Waals surface area contributed by atoms with Crippen molar-refractivity contribution in [2.75, 3.05) is 31.1 Å². The predicted molar refractivity (Wildman–Crippen MR) is 117 cm³/mol. The van der Waals surface area contributed by atoms with Crippen molar-refractivity contribution in [2.45, 2.75) is 6.54 Å². The van der Waals surface area contributed by atoms with Crippen LogP contribution in [-0.4, -0.2) is 56.5 Å². The van der Waals surface area contributed by atoms with Crippen LogP contribution in [0.1, 0.15) is 16.1 Å². The summed E-state index contributed by atoms with van der Waals surface area (Å²) in [7, 11) is 0. The van der Waals surface area contributed by atoms with Crippen LogP contribution in [0, 0.1) is 0 Å². The molecule has 1 saturated heterocycles. The van der Waals surface area contributed by atoms with Crippen molar-refractivity contribution < 1.29 is 9.21 Å². The lowest BCUT2D eigenvalue weighted by molar-refractivity contribution is 0.0714. The number of benzene rings is 1. The molecule has 0 unspecified atom stereocenters. The van der Waals surface area contributed by atoms with Gasteiger partial charge in [-0.1, -0.05) is 30.3 Å². The van der Waals surface area contributed by atoms with Crippen molar-refractivity contribution in [3.05, 3.63) is 87.1 Å². The van der Waals surface area contributed by atoms with Crippen LogP contribution in [0.2, 0.25) is 0 Å². The molecule has 3 aromatic heterocycles. The fourth-order valence-electron chi connectivity index (χ4n) is 3.76. The van der Waals surface area contributed by atoms with E-state index in [0.29, 0.717) is 37.9 Å². The molecule has 10 heteroatoms. The van der Waals surface area contributed by atoms with Crippen LogP contribution in [0.3, 0.4) is 0 Å². The second-order valence-corrected chi connectivity index (χ2v) is 7.50. The minimum atomic E-state index is -0.523. The van der Waals surface area contributed by atoms with Gasteiger partial charge in [-0.05, 0) is 17.7 Å². The van der Waals surface area contributed by atoms with Gasteiger partial charge in [-0.15, -0.1) is 0 Å². The summed E-state index contributed by atoms with van der Waals surface area (Å²) in [6.45, 7) is 2.17. The van der Waals surface area contributed by atoms with Gasteiger partial charge in [-0.2, -0.15) is 4.98 Å². The normalized spacial score (nSPS) is 14.1. The van der Waals surface area contributed by atoms with Crippen LogP contribution in [0.5, 0.6) is 0 Å². The number of nitrogens with zero attached hydrogens (tertiary/aromatic N) is 5. The molecule has 1 fully saturated rings. The van der Waals surface area contributed by atoms with Crippen molar-refractivity contribution >= 4 is 22.9 Å². The standard InChI is InChI=1S/C22H20N6O4/c29-19-16-13-23-21(27-10-8-26(9-11-27)20(30)17-7-4-12-32-17)24-18(16)25-22(31)28(19)14-15-5-2-1-3-6-15/h1-7,12-13H,8-11,14H2,(H,23,24,25,31). The number of amides is 1. The molecule has 0 spiro atoms. The number of nitrogens with one attached hydrogen (secondary N) is 1. The molecule has 10 nitrogen and oxygen atoms in total. The monoisotopic (exact) mass is 432 g/mol. The van der Waals surface area contributed by atoms with Crippen molar-refractivity contribution in [3.63, 3.8) is 0 Å². The number of hydrogen-bond acceptors (Lipinski definition) is 7. The molecule has 0 saturated carbocycles. The largest absolute Gasteiger partial charge is 0.459 e. The average molecular weight is 432 g/mol. The molecule has 162 valence electrons. The number of carbonyl (C=O) groups is 1. The Kier molecular flexibility index (Phi) is 5.02. The minimum absolute atomic E-state index is 0.155. The van der Waals surface area contributed by atoms with E-state index in [0.717, 1.165) is 10.1 Å². The first-order chi connectivity index (χ1) is 15.6. The summed E-state index contributed by atoms with van der Waals surface area (Å²) in [5.74, 6) is 0.556. The molecule has 1 aromatic carbocycles. The molecule has 4 heterocycles. The summed E-state index contributed by atoms with van der Waals surface area (Å²) in [6, 6.07) is 12.6. The third-order valence-corrected chi connectivity index (χ3v) is 5.49. The van der Waals surface area contributed by atoms with Crippen LogP contribution in [0.25, 0.3) is 11.0 Å². The van der Waals surface area contributed by atoms with Gasteiger partial charge in [0.2, 0.25) is 5.95 Å². The SMILES string of the molecule is O=C(c1ccco1)N1CCN(c2ncc3c(=O)n(Cc4ccccc4)c(=O)[nH]c3n2)CC1. The molecule has 32 heavy (non-hydrogen) atoms. The van der Waals surface area contributed by atoms with Crippen LogP contribution >= 0.6 is 0 Å². The molecule has 0 radical (unpaired) electrons. The van der Waals surface area contributed by atoms with E-state index < -0.39 is 11.2 Å². The number of furan rings is 1. The molecule has 1 aliphatic heterocycles. The predicted octanol–water partition coefficient (Wildman–Crippen LogP) is 1.08. The van der Waals surface area contributed by atoms with Gasteiger partial charge in [0, 0.05) is 32.4 Å². The Balaban J connectivity index is 1.36. The van der Waals surface area contributed by atoms with E-state index in [9.17, 15) is 14.4 Å². The number of carbonyl (C=O) groups excluding carboxylic acids is 1. The molecule has 5 rings (SSSR count). The van der Waals surface area contributed by atoms with Gasteiger partial charge in [-0.25, -0.2) is 9.78 Å². The topological polar surface area (TPSA) is 117 Å². The van der Waals surface area contributed by atoms with E-state index in [2.05, 4.69) is 15.0 Å². The summed E-state index contributed by atoms with van der Waals surface area (Å²) >= 11 is 0. The van der Waals surface area contributed by atoms with E-state index in [4.69, 9.17) is 4.42 Å². The highest BCUT2D eigenvalue weighted by molar-refractivity contribution is 5.91. The summed E-state index contributed by atoms with van der Waals surface area (Å²) in [5, 5.41) is 0.246. The quantitative estimate of drug-likeness (QED) is 0.513. The minimum Gasteiger partial charge on any atom is -0.459 e. The Labute approximate surface area is 181 Å². The van der Waals surface area contributed by atoms with Crippen molar-refractivity contribution in [1.29, 1.82) is 0 Å². The van der Waals surface area contributed by atoms with Crippen molar-refractivity contribution in [3.8, 4) is 0 Å². The Morgan fingerprint density at radius 1 is 1.03 bits per heavy atom. The lowest BCUT2D eigenvalue weighted by atomic mass is 10.2. The van der Waals surface area contributed by atoms with Gasteiger partial charge in [0.15, 0.2) is 11.4 Å². The molecule has 0 bridgehead atoms. The Bertz CT molecular complexity index is 1370. The number of anilines is 1. The van der Waals surface area contributed by atoms with Gasteiger partial charge in [0.25, 0.3) is 11.5 Å². The molecule has 4 aromatic rings. The lowest BCUT2D eigenvalue weighted by Gasteiger charge is -2.34. The number of rotatable bonds is 4. The average Bonchev–Trinajstić information content (AvgIpc) is 3.37. The highest BCUT2D eigenvalue weighted by atomic mass is 16.3. The van der Waals surface area contributed by atoms with Gasteiger partial charge in [0.1, 0.15) is 5.39 Å². The van der Waals surface area contributed by atoms with E-state index in [-0.39, 0.29) is 23.5 Å². The second kappa shape index (κ2) is 8.14. The first-order valence-corrected chi connectivity index (χ1v) is 10.2. The highest BCUT2D eigenvalue weighted by Crippen LogP contribution is 2.15. The van der Waals surface area contributed by atoms with Gasteiger partial charge >= 0.3 is 5.69 Å². The number of piperazine rings is 1. The fourth-order valence-corrected chi connectivity index (χ4v) is 3.76. The third-order valence-electron chi connectivity index (χ3n) is 5.49. The fraction of sp³-hybridized carbons (Fsp3) is 0.227. The van der Waals surface area contributed by atoms with E-state index in [1.807, 2.05) is 35.2 Å². The second-order valence-electron chi connectivity index (χ2n) is 7.50. The Morgan fingerprint density at radius 2 is 1.81 bits per heavy atom. The first-order valence-electron chi connectivity index (χ1n) is 10.2. The van der Waals surface area contributed by atoms with Gasteiger partial charge in [0.05, 0.1) is 12.8 Å². The zero-order valence-electron chi connectivity index (χ0n) is 17.1. The Hall–Kier alpha value is -4.21. The van der Waals surface area contributed by atoms with Gasteiger partial charge < -0.3 is 14.2 Å². The Morgan fingerprint density at radius 3 is 2.53 bits per heavy atom. The zero-order valence-corrected chi connectivity index (χ0v) is 17.1. The smallest absolute Gasteiger partial charge is 0.330 e. The van der Waals surface area contributed by atoms with Crippen LogP contribution in [0.15, 0.2) is 68.9 Å². The highest BCUT2D eigenvalue weighted by Gasteiger charge is 2.25. The van der Waals surface area contributed by atoms with E-state index in [1.165, 1.54) is 12.5 Å². The summed E-state index contributed by atoms with van der Waals surface area (Å²) in [5.41, 5.74) is 0.0836. The van der Waals surface area contributed by atoms with Crippen LogP contribution < -0.4 is 16.1 Å². The first kappa shape index (κ1) is 19.7. The number of hydrogen-bond donors (Lipinski definition) is 1. The van der Waals surface area contributed by atoms with Crippen molar-refractivity contribution in [1.82, 2.24) is 24.4 Å². The summed E-state index contributed by atoms with van der Waals surface area (Å²) in [4.78, 5) is 52.9. The maximum atomic E-state index is 12.9. The molecule has 1 amide bonds. The number of aromatic amines is 1. The van der Waals surface area contributed by atoms with Gasteiger partial charge in [-0.3, -0.25) is 19.1 Å². The summed E-state index contributed by atoms with van der Waals surface area (Å²) in [6.07, 6.45) is 2.92. The van der Waals surface area contributed by atoms with E-state index in [1.54, 1.807) is 17.0 Å². The van der Waals surface area contributed by atoms with Crippen LogP contribution in [-0.2, 0) is 6.54 Å². The molecule has 1 aliphatic rings. The number of H-pyrrole nitrogens is 1. The lowest BCUT2D eigenvalue weighted by Crippen LogP contribution is -2.49. The number of fused-ring (bicyclic) bond motifs is 1. The van der Waals surface area contributed by atoms with E-state index >= 15 is 0 Å². The van der Waals surface area contributed by atoms with Crippen molar-refractivity contribution in [2.24, 2.45) is 0 Å². The number of aromatic nitrogens is 4.